The lowest BCUT2D eigenvalue weighted by Gasteiger charge is -2.09. The lowest BCUT2D eigenvalue weighted by atomic mass is 10.1. The molecule has 1 heterocycles. The van der Waals surface area contributed by atoms with Crippen molar-refractivity contribution in [2.45, 2.75) is 6.42 Å². The molecule has 0 saturated heterocycles. The van der Waals surface area contributed by atoms with Gasteiger partial charge in [0, 0.05) is 22.8 Å². The molecule has 0 atom stereocenters. The molecule has 2 N–H and O–H groups in total. The van der Waals surface area contributed by atoms with Gasteiger partial charge in [-0.05, 0) is 48.4 Å². The van der Waals surface area contributed by atoms with Gasteiger partial charge in [0.2, 0.25) is 0 Å². The Labute approximate surface area is 148 Å². The molecule has 0 saturated carbocycles. The first-order valence-corrected chi connectivity index (χ1v) is 8.31. The van der Waals surface area contributed by atoms with E-state index in [9.17, 15) is 4.39 Å². The standard InChI is InChI=1S/C18H16BrFN4/c19-14-3-7-16(8-4-14)24-18-11-17(22-12-23-18)21-10-9-13-1-5-15(20)6-2-13/h1-8,11-12H,9-10H2,(H2,21,22,23,24). The molecular weight excluding hydrogens is 371 g/mol. The zero-order chi connectivity index (χ0) is 16.8. The fourth-order valence-electron chi connectivity index (χ4n) is 2.19. The van der Waals surface area contributed by atoms with Gasteiger partial charge in [-0.2, -0.15) is 0 Å². The fraction of sp³-hybridized carbons (Fsp3) is 0.111. The first kappa shape index (κ1) is 16.4. The van der Waals surface area contributed by atoms with E-state index in [0.717, 1.165) is 33.8 Å². The van der Waals surface area contributed by atoms with Gasteiger partial charge in [0.05, 0.1) is 0 Å². The van der Waals surface area contributed by atoms with E-state index in [1.165, 1.54) is 18.5 Å². The Hall–Kier alpha value is -2.47. The zero-order valence-electron chi connectivity index (χ0n) is 12.8. The topological polar surface area (TPSA) is 49.8 Å². The molecule has 24 heavy (non-hydrogen) atoms. The summed E-state index contributed by atoms with van der Waals surface area (Å²) >= 11 is 3.41. The Morgan fingerprint density at radius 3 is 2.38 bits per heavy atom. The number of aromatic nitrogens is 2. The van der Waals surface area contributed by atoms with Crippen LogP contribution in [0.3, 0.4) is 0 Å². The third-order valence-corrected chi connectivity index (χ3v) is 3.95. The highest BCUT2D eigenvalue weighted by atomic mass is 79.9. The zero-order valence-corrected chi connectivity index (χ0v) is 14.4. The number of rotatable bonds is 6. The molecule has 0 spiro atoms. The van der Waals surface area contributed by atoms with Crippen LogP contribution in [0.25, 0.3) is 0 Å². The molecular formula is C18H16BrFN4. The van der Waals surface area contributed by atoms with Gasteiger partial charge in [-0.15, -0.1) is 0 Å². The number of hydrogen-bond acceptors (Lipinski definition) is 4. The molecule has 0 unspecified atom stereocenters. The van der Waals surface area contributed by atoms with E-state index in [2.05, 4.69) is 36.5 Å². The van der Waals surface area contributed by atoms with Crippen LogP contribution in [0.15, 0.2) is 65.4 Å². The van der Waals surface area contributed by atoms with Crippen LogP contribution in [0.5, 0.6) is 0 Å². The summed E-state index contributed by atoms with van der Waals surface area (Å²) in [6.07, 6.45) is 2.31. The molecule has 0 amide bonds. The van der Waals surface area contributed by atoms with E-state index in [1.807, 2.05) is 30.3 Å². The van der Waals surface area contributed by atoms with Crippen molar-refractivity contribution in [3.63, 3.8) is 0 Å². The molecule has 6 heteroatoms. The van der Waals surface area contributed by atoms with Gasteiger partial charge in [0.25, 0.3) is 0 Å². The minimum atomic E-state index is -0.217. The Balaban J connectivity index is 1.56. The van der Waals surface area contributed by atoms with Crippen LogP contribution in [0, 0.1) is 5.82 Å². The van der Waals surface area contributed by atoms with Crippen molar-refractivity contribution in [3.8, 4) is 0 Å². The highest BCUT2D eigenvalue weighted by molar-refractivity contribution is 9.10. The second-order valence-electron chi connectivity index (χ2n) is 5.22. The number of benzene rings is 2. The van der Waals surface area contributed by atoms with E-state index in [4.69, 9.17) is 0 Å². The van der Waals surface area contributed by atoms with Gasteiger partial charge in [-0.1, -0.05) is 28.1 Å². The molecule has 0 bridgehead atoms. The van der Waals surface area contributed by atoms with Gasteiger partial charge >= 0.3 is 0 Å². The molecule has 4 nitrogen and oxygen atoms in total. The van der Waals surface area contributed by atoms with Gasteiger partial charge in [0.1, 0.15) is 23.8 Å². The van der Waals surface area contributed by atoms with Crippen molar-refractivity contribution in [2.75, 3.05) is 17.2 Å². The first-order chi connectivity index (χ1) is 11.7. The highest BCUT2D eigenvalue weighted by Crippen LogP contribution is 2.19. The lowest BCUT2D eigenvalue weighted by molar-refractivity contribution is 0.627. The minimum absolute atomic E-state index is 0.217. The van der Waals surface area contributed by atoms with Crippen LogP contribution in [0.2, 0.25) is 0 Å². The summed E-state index contributed by atoms with van der Waals surface area (Å²) < 4.78 is 13.9. The molecule has 0 aliphatic rings. The minimum Gasteiger partial charge on any atom is -0.370 e. The number of anilines is 3. The second kappa shape index (κ2) is 7.88. The summed E-state index contributed by atoms with van der Waals surface area (Å²) in [5.41, 5.74) is 2.03. The largest absolute Gasteiger partial charge is 0.370 e. The summed E-state index contributed by atoms with van der Waals surface area (Å²) in [4.78, 5) is 8.43. The van der Waals surface area contributed by atoms with E-state index in [0.29, 0.717) is 6.54 Å². The Bertz CT molecular complexity index is 791. The van der Waals surface area contributed by atoms with Crippen LogP contribution in [0.1, 0.15) is 5.56 Å². The average molecular weight is 387 g/mol. The first-order valence-electron chi connectivity index (χ1n) is 7.52. The molecule has 0 fully saturated rings. The Morgan fingerprint density at radius 2 is 1.62 bits per heavy atom. The average Bonchev–Trinajstić information content (AvgIpc) is 2.59. The van der Waals surface area contributed by atoms with Crippen molar-refractivity contribution in [3.05, 3.63) is 76.8 Å². The van der Waals surface area contributed by atoms with E-state index in [1.54, 1.807) is 12.1 Å². The monoisotopic (exact) mass is 386 g/mol. The van der Waals surface area contributed by atoms with Crippen molar-refractivity contribution in [2.24, 2.45) is 0 Å². The maximum Gasteiger partial charge on any atom is 0.135 e. The van der Waals surface area contributed by atoms with Crippen molar-refractivity contribution in [1.29, 1.82) is 0 Å². The number of halogens is 2. The van der Waals surface area contributed by atoms with E-state index in [-0.39, 0.29) is 5.82 Å². The third-order valence-electron chi connectivity index (χ3n) is 3.42. The van der Waals surface area contributed by atoms with Gasteiger partial charge < -0.3 is 10.6 Å². The molecule has 122 valence electrons. The fourth-order valence-corrected chi connectivity index (χ4v) is 2.45. The van der Waals surface area contributed by atoms with Crippen LogP contribution in [0.4, 0.5) is 21.7 Å². The Kier molecular flexibility index (Phi) is 5.38. The molecule has 0 aliphatic heterocycles. The van der Waals surface area contributed by atoms with Crippen molar-refractivity contribution in [1.82, 2.24) is 9.97 Å². The SMILES string of the molecule is Fc1ccc(CCNc2cc(Nc3ccc(Br)cc3)ncn2)cc1. The number of nitrogens with zero attached hydrogens (tertiary/aromatic N) is 2. The molecule has 3 aromatic rings. The molecule has 0 aliphatic carbocycles. The quantitative estimate of drug-likeness (QED) is 0.640. The number of nitrogens with one attached hydrogen (secondary N) is 2. The van der Waals surface area contributed by atoms with Gasteiger partial charge in [0.15, 0.2) is 0 Å². The van der Waals surface area contributed by atoms with E-state index < -0.39 is 0 Å². The summed E-state index contributed by atoms with van der Waals surface area (Å²) in [6, 6.07) is 16.2. The molecule has 3 rings (SSSR count). The van der Waals surface area contributed by atoms with Crippen LogP contribution in [-0.4, -0.2) is 16.5 Å². The maximum absolute atomic E-state index is 12.9. The summed E-state index contributed by atoms with van der Waals surface area (Å²) in [5, 5.41) is 6.48. The summed E-state index contributed by atoms with van der Waals surface area (Å²) in [5.74, 6) is 1.24. The molecule has 2 aromatic carbocycles. The summed E-state index contributed by atoms with van der Waals surface area (Å²) in [7, 11) is 0. The highest BCUT2D eigenvalue weighted by Gasteiger charge is 2.00. The third kappa shape index (κ3) is 4.76. The second-order valence-corrected chi connectivity index (χ2v) is 6.14. The lowest BCUT2D eigenvalue weighted by Crippen LogP contribution is -2.07. The van der Waals surface area contributed by atoms with Crippen LogP contribution < -0.4 is 10.6 Å². The predicted molar refractivity (Wildman–Crippen MR) is 98.1 cm³/mol. The van der Waals surface area contributed by atoms with Crippen LogP contribution >= 0.6 is 15.9 Å². The molecule has 1 aromatic heterocycles. The number of hydrogen-bond donors (Lipinski definition) is 2. The summed E-state index contributed by atoms with van der Waals surface area (Å²) in [6.45, 7) is 0.709. The maximum atomic E-state index is 12.9. The van der Waals surface area contributed by atoms with Crippen molar-refractivity contribution < 1.29 is 4.39 Å². The Morgan fingerprint density at radius 1 is 0.917 bits per heavy atom. The van der Waals surface area contributed by atoms with Gasteiger partial charge in [-0.3, -0.25) is 0 Å². The normalized spacial score (nSPS) is 10.4. The smallest absolute Gasteiger partial charge is 0.135 e. The molecule has 0 radical (unpaired) electrons. The van der Waals surface area contributed by atoms with Crippen LogP contribution in [-0.2, 0) is 6.42 Å². The van der Waals surface area contributed by atoms with Crippen molar-refractivity contribution >= 4 is 33.3 Å². The van der Waals surface area contributed by atoms with Gasteiger partial charge in [-0.25, -0.2) is 14.4 Å². The predicted octanol–water partition coefficient (Wildman–Crippen LogP) is 4.78. The van der Waals surface area contributed by atoms with E-state index >= 15 is 0 Å².